The van der Waals surface area contributed by atoms with E-state index < -0.39 is 52.0 Å². The Labute approximate surface area is 160 Å². The molecule has 0 saturated heterocycles. The van der Waals surface area contributed by atoms with Crippen molar-refractivity contribution in [2.45, 2.75) is 39.4 Å². The maximum Gasteiger partial charge on any atom is 0.416 e. The number of alkyl halides is 5. The van der Waals surface area contributed by atoms with E-state index in [9.17, 15) is 31.5 Å². The van der Waals surface area contributed by atoms with Crippen molar-refractivity contribution in [1.82, 2.24) is 19.7 Å². The Hall–Kier alpha value is -2.98. The van der Waals surface area contributed by atoms with Crippen LogP contribution in [0.15, 0.2) is 33.9 Å². The molecule has 11 heteroatoms. The first kappa shape index (κ1) is 20.7. The van der Waals surface area contributed by atoms with Crippen molar-refractivity contribution in [2.75, 3.05) is 0 Å². The lowest BCUT2D eigenvalue weighted by Gasteiger charge is -2.32. The Morgan fingerprint density at radius 2 is 1.59 bits per heavy atom. The summed E-state index contributed by atoms with van der Waals surface area (Å²) in [5, 5.41) is 3.39. The summed E-state index contributed by atoms with van der Waals surface area (Å²) in [7, 11) is 0. The molecule has 3 aromatic rings. The average Bonchev–Trinajstić information content (AvgIpc) is 2.93. The van der Waals surface area contributed by atoms with E-state index in [1.165, 1.54) is 12.1 Å². The highest BCUT2D eigenvalue weighted by Crippen LogP contribution is 2.39. The van der Waals surface area contributed by atoms with Crippen LogP contribution in [-0.2, 0) is 6.18 Å². The molecule has 1 atom stereocenters. The van der Waals surface area contributed by atoms with E-state index in [0.717, 1.165) is 16.8 Å². The smallest absolute Gasteiger partial charge is 0.291 e. The molecule has 0 spiro atoms. The normalized spacial score (nSPS) is 14.0. The van der Waals surface area contributed by atoms with Gasteiger partial charge in [0.1, 0.15) is 16.7 Å². The van der Waals surface area contributed by atoms with Gasteiger partial charge in [-0.25, -0.2) is 18.3 Å². The summed E-state index contributed by atoms with van der Waals surface area (Å²) >= 11 is 0. The van der Waals surface area contributed by atoms with Crippen molar-refractivity contribution >= 4 is 11.0 Å². The van der Waals surface area contributed by atoms with Crippen LogP contribution in [0.1, 0.15) is 50.1 Å². The summed E-state index contributed by atoms with van der Waals surface area (Å²) in [5.74, 6) is 0. The molecular weight excluding hydrogens is 399 g/mol. The van der Waals surface area contributed by atoms with Gasteiger partial charge >= 0.3 is 11.9 Å². The third-order valence-electron chi connectivity index (χ3n) is 4.45. The molecule has 156 valence electrons. The van der Waals surface area contributed by atoms with Crippen LogP contribution in [0.4, 0.5) is 22.0 Å². The summed E-state index contributed by atoms with van der Waals surface area (Å²) in [6.07, 6.45) is -7.63. The fourth-order valence-electron chi connectivity index (χ4n) is 3.30. The number of H-pyrrole nitrogens is 2. The van der Waals surface area contributed by atoms with Gasteiger partial charge in [0.25, 0.3) is 12.0 Å². The van der Waals surface area contributed by atoms with Gasteiger partial charge in [-0.2, -0.15) is 18.3 Å². The van der Waals surface area contributed by atoms with Crippen molar-refractivity contribution in [3.63, 3.8) is 0 Å². The largest absolute Gasteiger partial charge is 0.416 e. The molecule has 0 amide bonds. The molecule has 2 aromatic heterocycles. The zero-order valence-electron chi connectivity index (χ0n) is 15.6. The van der Waals surface area contributed by atoms with E-state index in [4.69, 9.17) is 0 Å². The van der Waals surface area contributed by atoms with Gasteiger partial charge in [-0.15, -0.1) is 0 Å². The molecule has 0 fully saturated rings. The van der Waals surface area contributed by atoms with Crippen LogP contribution in [0, 0.1) is 5.41 Å². The minimum absolute atomic E-state index is 0.228. The number of halogens is 5. The maximum absolute atomic E-state index is 13.5. The maximum atomic E-state index is 13.5. The van der Waals surface area contributed by atoms with E-state index in [0.29, 0.717) is 5.56 Å². The van der Waals surface area contributed by atoms with Gasteiger partial charge in [0, 0.05) is 0 Å². The molecule has 2 N–H and O–H groups in total. The van der Waals surface area contributed by atoms with Crippen LogP contribution in [0.5, 0.6) is 0 Å². The van der Waals surface area contributed by atoms with E-state index in [1.807, 2.05) is 4.98 Å². The predicted octanol–water partition coefficient (Wildman–Crippen LogP) is 4.00. The fraction of sp³-hybridized carbons (Fsp3) is 0.389. The number of fused-ring (bicyclic) bond motifs is 1. The highest BCUT2D eigenvalue weighted by atomic mass is 19.4. The van der Waals surface area contributed by atoms with E-state index in [-0.39, 0.29) is 5.65 Å². The van der Waals surface area contributed by atoms with Crippen LogP contribution in [0.2, 0.25) is 0 Å². The van der Waals surface area contributed by atoms with E-state index in [1.54, 1.807) is 20.8 Å². The second-order valence-electron chi connectivity index (χ2n) is 7.65. The lowest BCUT2D eigenvalue weighted by Crippen LogP contribution is -2.29. The summed E-state index contributed by atoms with van der Waals surface area (Å²) in [6, 6.07) is 3.35. The van der Waals surface area contributed by atoms with Crippen LogP contribution >= 0.6 is 0 Å². The minimum Gasteiger partial charge on any atom is -0.291 e. The molecule has 0 radical (unpaired) electrons. The van der Waals surface area contributed by atoms with Gasteiger partial charge in [0.2, 0.25) is 0 Å². The van der Waals surface area contributed by atoms with Crippen molar-refractivity contribution in [3.8, 4) is 0 Å². The molecular formula is C18H17F5N4O2. The first-order valence-electron chi connectivity index (χ1n) is 8.50. The number of nitrogens with one attached hydrogen (secondary N) is 2. The Morgan fingerprint density at radius 1 is 1.00 bits per heavy atom. The zero-order chi connectivity index (χ0) is 21.7. The van der Waals surface area contributed by atoms with Crippen LogP contribution in [-0.4, -0.2) is 19.7 Å². The fourth-order valence-corrected chi connectivity index (χ4v) is 3.30. The van der Waals surface area contributed by atoms with Gasteiger partial charge < -0.3 is 0 Å². The lowest BCUT2D eigenvalue weighted by atomic mass is 9.82. The molecule has 0 aliphatic rings. The monoisotopic (exact) mass is 416 g/mol. The quantitative estimate of drug-likeness (QED) is 0.633. The summed E-state index contributed by atoms with van der Waals surface area (Å²) in [5.41, 5.74) is -4.23. The molecule has 0 aliphatic carbocycles. The number of hydrogen-bond donors (Lipinski definition) is 2. The Bertz CT molecular complexity index is 1150. The van der Waals surface area contributed by atoms with Gasteiger partial charge in [-0.3, -0.25) is 14.8 Å². The highest BCUT2D eigenvalue weighted by molar-refractivity contribution is 5.77. The number of hydrogen-bond acceptors (Lipinski definition) is 3. The minimum atomic E-state index is -4.53. The number of benzene rings is 1. The summed E-state index contributed by atoms with van der Waals surface area (Å²) < 4.78 is 66.7. The van der Waals surface area contributed by atoms with Crippen LogP contribution in [0.25, 0.3) is 11.0 Å². The molecule has 3 rings (SSSR count). The van der Waals surface area contributed by atoms with Gasteiger partial charge in [-0.1, -0.05) is 32.9 Å². The SMILES string of the molecule is CC(C)(C)[C@@H](c1ccc(C(F)(F)F)cc1)n1nc(C(F)F)c2c(=O)[nH]c(=O)[nH]c21. The molecule has 1 aromatic carbocycles. The molecule has 6 nitrogen and oxygen atoms in total. The molecule has 29 heavy (non-hydrogen) atoms. The average molecular weight is 416 g/mol. The Kier molecular flexibility index (Phi) is 4.88. The summed E-state index contributed by atoms with van der Waals surface area (Å²) in [6.45, 7) is 5.20. The Morgan fingerprint density at radius 3 is 2.07 bits per heavy atom. The standard InChI is InChI=1S/C18H17F5N4O2/c1-17(2,3)12(8-4-6-9(7-5-8)18(21,22)23)27-14-10(11(26-27)13(19)20)15(28)25-16(29)24-14/h4-7,12-13H,1-3H3,(H2,24,25,28,29)/t12-/m1/s1. The topological polar surface area (TPSA) is 83.5 Å². The number of rotatable bonds is 3. The first-order valence-corrected chi connectivity index (χ1v) is 8.50. The van der Waals surface area contributed by atoms with Gasteiger partial charge in [0.15, 0.2) is 0 Å². The van der Waals surface area contributed by atoms with Crippen molar-refractivity contribution in [1.29, 1.82) is 0 Å². The predicted molar refractivity (Wildman–Crippen MR) is 95.0 cm³/mol. The summed E-state index contributed by atoms with van der Waals surface area (Å²) in [4.78, 5) is 28.0. The Balaban J connectivity index is 2.30. The zero-order valence-corrected chi connectivity index (χ0v) is 15.6. The molecule has 2 heterocycles. The van der Waals surface area contributed by atoms with Crippen LogP contribution in [0.3, 0.4) is 0 Å². The molecule has 0 aliphatic heterocycles. The van der Waals surface area contributed by atoms with Gasteiger partial charge in [0.05, 0.1) is 11.6 Å². The number of nitrogens with zero attached hydrogens (tertiary/aromatic N) is 2. The van der Waals surface area contributed by atoms with E-state index >= 15 is 0 Å². The number of aromatic amines is 2. The molecule has 0 unspecified atom stereocenters. The van der Waals surface area contributed by atoms with Gasteiger partial charge in [-0.05, 0) is 23.1 Å². The second kappa shape index (κ2) is 6.82. The first-order chi connectivity index (χ1) is 13.3. The third kappa shape index (κ3) is 3.81. The molecule has 0 saturated carbocycles. The number of aromatic nitrogens is 4. The third-order valence-corrected chi connectivity index (χ3v) is 4.45. The molecule has 0 bridgehead atoms. The van der Waals surface area contributed by atoms with Crippen molar-refractivity contribution in [3.05, 3.63) is 61.9 Å². The highest BCUT2D eigenvalue weighted by Gasteiger charge is 2.35. The van der Waals surface area contributed by atoms with Crippen molar-refractivity contribution in [2.24, 2.45) is 5.41 Å². The van der Waals surface area contributed by atoms with Crippen LogP contribution < -0.4 is 11.2 Å². The lowest BCUT2D eigenvalue weighted by molar-refractivity contribution is -0.137. The second-order valence-corrected chi connectivity index (χ2v) is 7.65. The van der Waals surface area contributed by atoms with Crippen molar-refractivity contribution < 1.29 is 22.0 Å². The van der Waals surface area contributed by atoms with E-state index in [2.05, 4.69) is 10.1 Å².